The molecule has 0 fully saturated rings. The van der Waals surface area contributed by atoms with Crippen LogP contribution in [0.5, 0.6) is 5.75 Å². The first-order valence-electron chi connectivity index (χ1n) is 7.51. The Balaban J connectivity index is 2.36. The first-order chi connectivity index (χ1) is 10.0. The molecule has 1 atom stereocenters. The van der Waals surface area contributed by atoms with E-state index in [4.69, 9.17) is 4.74 Å². The van der Waals surface area contributed by atoms with Crippen LogP contribution in [0.4, 0.5) is 0 Å². The third-order valence-corrected chi connectivity index (χ3v) is 3.31. The summed E-state index contributed by atoms with van der Waals surface area (Å²) in [7, 11) is 1.99. The Morgan fingerprint density at radius 1 is 1.29 bits per heavy atom. The van der Waals surface area contributed by atoms with Crippen molar-refractivity contribution in [2.75, 3.05) is 6.54 Å². The van der Waals surface area contributed by atoms with E-state index in [9.17, 15) is 0 Å². The molecule has 0 aliphatic heterocycles. The quantitative estimate of drug-likeness (QED) is 0.886. The highest BCUT2D eigenvalue weighted by molar-refractivity contribution is 5.35. The second kappa shape index (κ2) is 6.76. The molecule has 2 rings (SSSR count). The van der Waals surface area contributed by atoms with Gasteiger partial charge in [0.15, 0.2) is 0 Å². The van der Waals surface area contributed by atoms with Gasteiger partial charge in [-0.15, -0.1) is 0 Å². The van der Waals surface area contributed by atoms with Crippen molar-refractivity contribution in [2.45, 2.75) is 39.8 Å². The topological polar surface area (TPSA) is 39.1 Å². The zero-order valence-corrected chi connectivity index (χ0v) is 13.6. The fraction of sp³-hybridized carbons (Fsp3) is 0.471. The van der Waals surface area contributed by atoms with E-state index in [1.54, 1.807) is 0 Å². The van der Waals surface area contributed by atoms with Crippen LogP contribution >= 0.6 is 0 Å². The van der Waals surface area contributed by atoms with Gasteiger partial charge in [-0.25, -0.2) is 0 Å². The molecule has 4 nitrogen and oxygen atoms in total. The second-order valence-electron chi connectivity index (χ2n) is 5.56. The summed E-state index contributed by atoms with van der Waals surface area (Å²) < 4.78 is 7.75. The number of rotatable bonds is 6. The van der Waals surface area contributed by atoms with E-state index < -0.39 is 0 Å². The summed E-state index contributed by atoms with van der Waals surface area (Å²) in [6.07, 6.45) is 0.178. The molecule has 4 heteroatoms. The zero-order chi connectivity index (χ0) is 15.4. The molecule has 1 unspecified atom stereocenters. The van der Waals surface area contributed by atoms with Crippen LogP contribution in [0.3, 0.4) is 0 Å². The molecule has 0 saturated heterocycles. The normalized spacial score (nSPS) is 12.7. The summed E-state index contributed by atoms with van der Waals surface area (Å²) in [5.74, 6) is 0.907. The third kappa shape index (κ3) is 3.85. The minimum atomic E-state index is 0.122. The van der Waals surface area contributed by atoms with Crippen molar-refractivity contribution in [1.29, 1.82) is 0 Å². The number of nitrogens with zero attached hydrogens (tertiary/aromatic N) is 2. The van der Waals surface area contributed by atoms with Crippen LogP contribution in [-0.4, -0.2) is 22.4 Å². The van der Waals surface area contributed by atoms with Crippen LogP contribution in [0.25, 0.3) is 0 Å². The Labute approximate surface area is 127 Å². The molecule has 1 aromatic heterocycles. The summed E-state index contributed by atoms with van der Waals surface area (Å²) >= 11 is 0. The molecular formula is C17H25N3O. The molecule has 21 heavy (non-hydrogen) atoms. The highest BCUT2D eigenvalue weighted by Crippen LogP contribution is 2.26. The predicted octanol–water partition coefficient (Wildman–Crippen LogP) is 3.21. The maximum atomic E-state index is 5.80. The van der Waals surface area contributed by atoms with Crippen LogP contribution in [0.1, 0.15) is 43.8 Å². The lowest BCUT2D eigenvalue weighted by Crippen LogP contribution is -2.24. The van der Waals surface area contributed by atoms with Crippen molar-refractivity contribution in [2.24, 2.45) is 7.05 Å². The SMILES string of the molecule is CCNC(c1cccc(OC(C)C)c1)c1cc(C)nn1C. The molecule has 114 valence electrons. The first-order valence-corrected chi connectivity index (χ1v) is 7.51. The second-order valence-corrected chi connectivity index (χ2v) is 5.56. The molecule has 2 aromatic rings. The van der Waals surface area contributed by atoms with Gasteiger partial charge in [0, 0.05) is 7.05 Å². The number of hydrogen-bond donors (Lipinski definition) is 1. The standard InChI is InChI=1S/C17H25N3O/c1-6-18-17(16-10-13(4)19-20(16)5)14-8-7-9-15(11-14)21-12(2)3/h7-12,17-18H,6H2,1-5H3. The average molecular weight is 287 g/mol. The number of aromatic nitrogens is 2. The van der Waals surface area contributed by atoms with Gasteiger partial charge < -0.3 is 10.1 Å². The molecule has 1 N–H and O–H groups in total. The van der Waals surface area contributed by atoms with Gasteiger partial charge in [0.2, 0.25) is 0 Å². The fourth-order valence-corrected chi connectivity index (χ4v) is 2.54. The Kier molecular flexibility index (Phi) is 5.02. The largest absolute Gasteiger partial charge is 0.491 e. The van der Waals surface area contributed by atoms with E-state index in [-0.39, 0.29) is 12.1 Å². The number of benzene rings is 1. The number of ether oxygens (including phenoxy) is 1. The van der Waals surface area contributed by atoms with E-state index in [2.05, 4.69) is 35.5 Å². The minimum absolute atomic E-state index is 0.122. The Hall–Kier alpha value is -1.81. The van der Waals surface area contributed by atoms with Gasteiger partial charge in [0.05, 0.1) is 23.5 Å². The van der Waals surface area contributed by atoms with Crippen LogP contribution < -0.4 is 10.1 Å². The summed E-state index contributed by atoms with van der Waals surface area (Å²) in [6, 6.07) is 10.5. The highest BCUT2D eigenvalue weighted by Gasteiger charge is 2.18. The van der Waals surface area contributed by atoms with Gasteiger partial charge in [-0.2, -0.15) is 5.10 Å². The van der Waals surface area contributed by atoms with Crippen molar-refractivity contribution in [3.05, 3.63) is 47.3 Å². The summed E-state index contributed by atoms with van der Waals surface area (Å²) in [5.41, 5.74) is 3.39. The Bertz CT molecular complexity index is 589. The van der Waals surface area contributed by atoms with Gasteiger partial charge >= 0.3 is 0 Å². The minimum Gasteiger partial charge on any atom is -0.491 e. The van der Waals surface area contributed by atoms with Gasteiger partial charge in [-0.05, 0) is 51.1 Å². The molecule has 0 spiro atoms. The lowest BCUT2D eigenvalue weighted by molar-refractivity contribution is 0.242. The van der Waals surface area contributed by atoms with E-state index in [1.165, 1.54) is 5.56 Å². The van der Waals surface area contributed by atoms with Gasteiger partial charge in [-0.1, -0.05) is 19.1 Å². The maximum Gasteiger partial charge on any atom is 0.120 e. The Morgan fingerprint density at radius 3 is 2.62 bits per heavy atom. The smallest absolute Gasteiger partial charge is 0.120 e. The molecule has 0 radical (unpaired) electrons. The van der Waals surface area contributed by atoms with Crippen LogP contribution in [0, 0.1) is 6.92 Å². The molecule has 1 heterocycles. The van der Waals surface area contributed by atoms with Crippen LogP contribution in [-0.2, 0) is 7.05 Å². The van der Waals surface area contributed by atoms with Crippen molar-refractivity contribution in [1.82, 2.24) is 15.1 Å². The van der Waals surface area contributed by atoms with Crippen molar-refractivity contribution in [3.63, 3.8) is 0 Å². The van der Waals surface area contributed by atoms with E-state index >= 15 is 0 Å². The van der Waals surface area contributed by atoms with Gasteiger partial charge in [0.25, 0.3) is 0 Å². The van der Waals surface area contributed by atoms with Crippen molar-refractivity contribution < 1.29 is 4.74 Å². The van der Waals surface area contributed by atoms with Gasteiger partial charge in [0.1, 0.15) is 5.75 Å². The molecule has 0 aliphatic carbocycles. The number of hydrogen-bond acceptors (Lipinski definition) is 3. The molecule has 0 saturated carbocycles. The van der Waals surface area contributed by atoms with Crippen molar-refractivity contribution >= 4 is 0 Å². The first kappa shape index (κ1) is 15.6. The number of nitrogens with one attached hydrogen (secondary N) is 1. The van der Waals surface area contributed by atoms with E-state index in [0.29, 0.717) is 0 Å². The molecule has 0 amide bonds. The van der Waals surface area contributed by atoms with E-state index in [0.717, 1.165) is 23.7 Å². The fourth-order valence-electron chi connectivity index (χ4n) is 2.54. The molecule has 1 aromatic carbocycles. The maximum absolute atomic E-state index is 5.80. The predicted molar refractivity (Wildman–Crippen MR) is 85.7 cm³/mol. The Morgan fingerprint density at radius 2 is 2.05 bits per heavy atom. The lowest BCUT2D eigenvalue weighted by Gasteiger charge is -2.20. The van der Waals surface area contributed by atoms with Crippen LogP contribution in [0.2, 0.25) is 0 Å². The highest BCUT2D eigenvalue weighted by atomic mass is 16.5. The molecule has 0 aliphatic rings. The van der Waals surface area contributed by atoms with Crippen molar-refractivity contribution in [3.8, 4) is 5.75 Å². The summed E-state index contributed by atoms with van der Waals surface area (Å²) in [5, 5.41) is 7.99. The zero-order valence-electron chi connectivity index (χ0n) is 13.6. The lowest BCUT2D eigenvalue weighted by atomic mass is 10.0. The summed E-state index contributed by atoms with van der Waals surface area (Å²) in [6.45, 7) is 9.11. The molecule has 0 bridgehead atoms. The average Bonchev–Trinajstić information content (AvgIpc) is 2.74. The monoisotopic (exact) mass is 287 g/mol. The third-order valence-electron chi connectivity index (χ3n) is 3.31. The van der Waals surface area contributed by atoms with Gasteiger partial charge in [-0.3, -0.25) is 4.68 Å². The van der Waals surface area contributed by atoms with E-state index in [1.807, 2.05) is 44.6 Å². The number of aryl methyl sites for hydroxylation is 2. The van der Waals surface area contributed by atoms with Crippen LogP contribution in [0.15, 0.2) is 30.3 Å². The molecular weight excluding hydrogens is 262 g/mol. The summed E-state index contributed by atoms with van der Waals surface area (Å²) in [4.78, 5) is 0.